The van der Waals surface area contributed by atoms with Gasteiger partial charge in [0.25, 0.3) is 5.56 Å². The quantitative estimate of drug-likeness (QED) is 0.638. The maximum Gasteiger partial charge on any atom is 0.268 e. The Labute approximate surface area is 165 Å². The molecule has 0 unspecified atom stereocenters. The van der Waals surface area contributed by atoms with Crippen LogP contribution in [0.25, 0.3) is 0 Å². The van der Waals surface area contributed by atoms with Crippen LogP contribution in [0, 0.1) is 12.7 Å². The summed E-state index contributed by atoms with van der Waals surface area (Å²) in [5.41, 5.74) is 8.82. The molecule has 2 N–H and O–H groups in total. The zero-order valence-corrected chi connectivity index (χ0v) is 16.5. The van der Waals surface area contributed by atoms with Gasteiger partial charge in [-0.25, -0.2) is 4.39 Å². The molecule has 3 aromatic rings. The highest BCUT2D eigenvalue weighted by Crippen LogP contribution is 2.23. The predicted octanol–water partition coefficient (Wildman–Crippen LogP) is 4.14. The van der Waals surface area contributed by atoms with Crippen LogP contribution >= 0.6 is 15.9 Å². The Bertz CT molecular complexity index is 1020. The number of ether oxygens (including phenoxy) is 1. The zero-order valence-electron chi connectivity index (χ0n) is 14.9. The van der Waals surface area contributed by atoms with Crippen LogP contribution in [0.3, 0.4) is 0 Å². The van der Waals surface area contributed by atoms with Crippen molar-refractivity contribution in [3.05, 3.63) is 97.6 Å². The average Bonchev–Trinajstić information content (AvgIpc) is 2.66. The van der Waals surface area contributed by atoms with Crippen LogP contribution < -0.4 is 16.0 Å². The first-order chi connectivity index (χ1) is 13.0. The van der Waals surface area contributed by atoms with Gasteiger partial charge in [-0.1, -0.05) is 36.4 Å². The summed E-state index contributed by atoms with van der Waals surface area (Å²) in [4.78, 5) is 12.6. The van der Waals surface area contributed by atoms with Crippen LogP contribution in [-0.2, 0) is 19.7 Å². The van der Waals surface area contributed by atoms with Crippen LogP contribution in [0.2, 0.25) is 0 Å². The molecule has 27 heavy (non-hydrogen) atoms. The topological polar surface area (TPSA) is 57.2 Å². The molecule has 1 heterocycles. The number of pyridine rings is 1. The summed E-state index contributed by atoms with van der Waals surface area (Å²) in [6.45, 7) is 2.70. The second kappa shape index (κ2) is 8.50. The SMILES string of the molecule is Cc1ccc(COc2ccn(Cc3ccccc3CN)c(=O)c2Br)c(F)c1. The Morgan fingerprint density at radius 3 is 2.56 bits per heavy atom. The molecule has 0 bridgehead atoms. The van der Waals surface area contributed by atoms with E-state index in [0.29, 0.717) is 28.9 Å². The number of nitrogens with two attached hydrogens (primary N) is 1. The maximum absolute atomic E-state index is 13.9. The average molecular weight is 431 g/mol. The van der Waals surface area contributed by atoms with E-state index in [1.807, 2.05) is 37.3 Å². The van der Waals surface area contributed by atoms with Crippen LogP contribution in [-0.4, -0.2) is 4.57 Å². The van der Waals surface area contributed by atoms with Crippen molar-refractivity contribution in [3.63, 3.8) is 0 Å². The van der Waals surface area contributed by atoms with Gasteiger partial charge in [-0.05, 0) is 51.7 Å². The minimum absolute atomic E-state index is 0.0458. The number of nitrogens with zero attached hydrogens (tertiary/aromatic N) is 1. The van der Waals surface area contributed by atoms with Gasteiger partial charge in [-0.3, -0.25) is 4.79 Å². The van der Waals surface area contributed by atoms with Crippen LogP contribution in [0.15, 0.2) is 64.0 Å². The molecule has 0 fully saturated rings. The Balaban J connectivity index is 1.79. The summed E-state index contributed by atoms with van der Waals surface area (Å²) in [6, 6.07) is 14.4. The normalized spacial score (nSPS) is 10.8. The lowest BCUT2D eigenvalue weighted by Gasteiger charge is -2.13. The second-order valence-corrected chi connectivity index (χ2v) is 7.08. The number of hydrogen-bond acceptors (Lipinski definition) is 3. The molecular formula is C21H20BrFN2O2. The van der Waals surface area contributed by atoms with Gasteiger partial charge in [0.1, 0.15) is 22.6 Å². The van der Waals surface area contributed by atoms with E-state index >= 15 is 0 Å². The Kier molecular flexibility index (Phi) is 6.08. The first-order valence-corrected chi connectivity index (χ1v) is 9.32. The fourth-order valence-electron chi connectivity index (χ4n) is 2.79. The third-order valence-corrected chi connectivity index (χ3v) is 5.07. The summed E-state index contributed by atoms with van der Waals surface area (Å²) >= 11 is 3.31. The van der Waals surface area contributed by atoms with Gasteiger partial charge in [-0.2, -0.15) is 0 Å². The lowest BCUT2D eigenvalue weighted by Crippen LogP contribution is -2.22. The van der Waals surface area contributed by atoms with Gasteiger partial charge < -0.3 is 15.0 Å². The highest BCUT2D eigenvalue weighted by Gasteiger charge is 2.11. The van der Waals surface area contributed by atoms with E-state index < -0.39 is 0 Å². The van der Waals surface area contributed by atoms with Gasteiger partial charge in [0.15, 0.2) is 0 Å². The number of aryl methyl sites for hydroxylation is 1. The molecule has 4 nitrogen and oxygen atoms in total. The zero-order chi connectivity index (χ0) is 19.4. The molecule has 0 spiro atoms. The molecule has 0 aliphatic carbocycles. The highest BCUT2D eigenvalue weighted by molar-refractivity contribution is 9.10. The molecule has 0 radical (unpaired) electrons. The molecule has 2 aromatic carbocycles. The molecule has 0 saturated heterocycles. The first-order valence-electron chi connectivity index (χ1n) is 8.53. The molecule has 0 aliphatic rings. The third kappa shape index (κ3) is 4.46. The smallest absolute Gasteiger partial charge is 0.268 e. The van der Waals surface area contributed by atoms with Crippen molar-refractivity contribution in [2.75, 3.05) is 0 Å². The Morgan fingerprint density at radius 2 is 1.85 bits per heavy atom. The van der Waals surface area contributed by atoms with E-state index in [0.717, 1.165) is 16.7 Å². The summed E-state index contributed by atoms with van der Waals surface area (Å²) < 4.78 is 21.5. The van der Waals surface area contributed by atoms with Crippen molar-refractivity contribution in [1.82, 2.24) is 4.57 Å². The number of halogens is 2. The molecule has 3 rings (SSSR count). The highest BCUT2D eigenvalue weighted by atomic mass is 79.9. The molecule has 6 heteroatoms. The van der Waals surface area contributed by atoms with Crippen molar-refractivity contribution < 1.29 is 9.13 Å². The second-order valence-electron chi connectivity index (χ2n) is 6.28. The fraction of sp³-hybridized carbons (Fsp3) is 0.190. The van der Waals surface area contributed by atoms with Crippen LogP contribution in [0.1, 0.15) is 22.3 Å². The van der Waals surface area contributed by atoms with Crippen molar-refractivity contribution >= 4 is 15.9 Å². The lowest BCUT2D eigenvalue weighted by molar-refractivity contribution is 0.296. The van der Waals surface area contributed by atoms with Gasteiger partial charge in [0.05, 0.1) is 6.54 Å². The van der Waals surface area contributed by atoms with Gasteiger partial charge in [-0.15, -0.1) is 0 Å². The molecule has 0 amide bonds. The van der Waals surface area contributed by atoms with Gasteiger partial charge >= 0.3 is 0 Å². The van der Waals surface area contributed by atoms with E-state index in [4.69, 9.17) is 10.5 Å². The van der Waals surface area contributed by atoms with E-state index in [1.165, 1.54) is 6.07 Å². The van der Waals surface area contributed by atoms with Crippen LogP contribution in [0.5, 0.6) is 5.75 Å². The van der Waals surface area contributed by atoms with Crippen molar-refractivity contribution in [1.29, 1.82) is 0 Å². The molecule has 140 valence electrons. The van der Waals surface area contributed by atoms with E-state index in [-0.39, 0.29) is 18.0 Å². The van der Waals surface area contributed by atoms with Crippen molar-refractivity contribution in [2.45, 2.75) is 26.6 Å². The lowest BCUT2D eigenvalue weighted by atomic mass is 10.1. The van der Waals surface area contributed by atoms with Gasteiger partial charge in [0, 0.05) is 18.3 Å². The standard InChI is InChI=1S/C21H20BrFN2O2/c1-14-6-7-17(18(23)10-14)13-27-19-8-9-25(21(26)20(19)22)12-16-5-3-2-4-15(16)11-24/h2-10H,11-13,24H2,1H3. The molecular weight excluding hydrogens is 411 g/mol. The Hall–Kier alpha value is -2.44. The minimum Gasteiger partial charge on any atom is -0.487 e. The minimum atomic E-state index is -0.321. The van der Waals surface area contributed by atoms with E-state index in [9.17, 15) is 9.18 Å². The summed E-state index contributed by atoms with van der Waals surface area (Å²) in [5, 5.41) is 0. The summed E-state index contributed by atoms with van der Waals surface area (Å²) in [7, 11) is 0. The van der Waals surface area contributed by atoms with Crippen molar-refractivity contribution in [3.8, 4) is 5.75 Å². The number of rotatable bonds is 6. The summed E-state index contributed by atoms with van der Waals surface area (Å²) in [6.07, 6.45) is 1.67. The molecule has 0 atom stereocenters. The van der Waals surface area contributed by atoms with E-state index in [2.05, 4.69) is 15.9 Å². The number of hydrogen-bond donors (Lipinski definition) is 1. The van der Waals surface area contributed by atoms with Gasteiger partial charge in [0.2, 0.25) is 0 Å². The molecule has 1 aromatic heterocycles. The van der Waals surface area contributed by atoms with Crippen molar-refractivity contribution in [2.24, 2.45) is 5.73 Å². The number of aromatic nitrogens is 1. The summed E-state index contributed by atoms with van der Waals surface area (Å²) in [5.74, 6) is 0.0567. The van der Waals surface area contributed by atoms with Crippen LogP contribution in [0.4, 0.5) is 4.39 Å². The third-order valence-electron chi connectivity index (χ3n) is 4.34. The molecule has 0 aliphatic heterocycles. The Morgan fingerprint density at radius 1 is 1.11 bits per heavy atom. The predicted molar refractivity (Wildman–Crippen MR) is 107 cm³/mol. The molecule has 0 saturated carbocycles. The largest absolute Gasteiger partial charge is 0.487 e. The first kappa shape index (κ1) is 19.3. The van der Waals surface area contributed by atoms with E-state index in [1.54, 1.807) is 22.9 Å². The monoisotopic (exact) mass is 430 g/mol. The maximum atomic E-state index is 13.9. The fourth-order valence-corrected chi connectivity index (χ4v) is 3.26. The number of benzene rings is 2.